The average molecular weight is 272 g/mol. The van der Waals surface area contributed by atoms with E-state index in [-0.39, 0.29) is 5.92 Å². The molecule has 0 spiro atoms. The molecule has 0 amide bonds. The summed E-state index contributed by atoms with van der Waals surface area (Å²) in [5, 5.41) is 3.29. The van der Waals surface area contributed by atoms with Crippen LogP contribution in [0.25, 0.3) is 10.1 Å². The molecule has 0 radical (unpaired) electrons. The van der Waals surface area contributed by atoms with Gasteiger partial charge in [0.05, 0.1) is 0 Å². The average Bonchev–Trinajstić information content (AvgIpc) is 2.85. The lowest BCUT2D eigenvalue weighted by atomic mass is 9.85. The second-order valence-electron chi connectivity index (χ2n) is 5.55. The van der Waals surface area contributed by atoms with Gasteiger partial charge in [-0.25, -0.2) is 0 Å². The van der Waals surface area contributed by atoms with Gasteiger partial charge in [-0.15, -0.1) is 11.3 Å². The van der Waals surface area contributed by atoms with Crippen molar-refractivity contribution in [3.05, 3.63) is 35.2 Å². The quantitative estimate of drug-likeness (QED) is 0.665. The number of hydrogen-bond acceptors (Lipinski definition) is 2. The zero-order chi connectivity index (χ0) is 13.1. The lowest BCUT2D eigenvalue weighted by Gasteiger charge is -2.18. The first-order valence-electron chi connectivity index (χ1n) is 7.37. The molecule has 3 rings (SSSR count). The predicted molar refractivity (Wildman–Crippen MR) is 82.0 cm³/mol. The van der Waals surface area contributed by atoms with Crippen LogP contribution in [-0.4, -0.2) is 5.78 Å². The number of Topliss-reactive ketones (excluding diaryl/α,β-unsaturated/α-hetero) is 1. The number of carbonyl (C=O) groups excluding carboxylic acids is 1. The van der Waals surface area contributed by atoms with Gasteiger partial charge in [-0.05, 0) is 35.7 Å². The van der Waals surface area contributed by atoms with Crippen molar-refractivity contribution >= 4 is 27.2 Å². The van der Waals surface area contributed by atoms with Crippen molar-refractivity contribution < 1.29 is 4.79 Å². The molecule has 0 bridgehead atoms. The Morgan fingerprint density at radius 1 is 1.00 bits per heavy atom. The van der Waals surface area contributed by atoms with E-state index in [2.05, 4.69) is 17.5 Å². The molecule has 100 valence electrons. The van der Waals surface area contributed by atoms with Crippen molar-refractivity contribution in [2.24, 2.45) is 5.92 Å². The van der Waals surface area contributed by atoms with Crippen LogP contribution in [0.3, 0.4) is 0 Å². The Balaban J connectivity index is 1.87. The molecule has 2 heteroatoms. The van der Waals surface area contributed by atoms with Crippen molar-refractivity contribution in [1.29, 1.82) is 0 Å². The predicted octanol–water partition coefficient (Wildman–Crippen LogP) is 5.44. The maximum Gasteiger partial charge on any atom is 0.167 e. The minimum atomic E-state index is 0.257. The van der Waals surface area contributed by atoms with Crippen molar-refractivity contribution in [3.8, 4) is 0 Å². The van der Waals surface area contributed by atoms with Gasteiger partial charge in [0.15, 0.2) is 5.78 Å². The van der Waals surface area contributed by atoms with Gasteiger partial charge in [-0.3, -0.25) is 4.79 Å². The van der Waals surface area contributed by atoms with Crippen LogP contribution < -0.4 is 0 Å². The molecule has 1 nitrogen and oxygen atoms in total. The Morgan fingerprint density at radius 2 is 1.74 bits per heavy atom. The molecule has 19 heavy (non-hydrogen) atoms. The van der Waals surface area contributed by atoms with Gasteiger partial charge >= 0.3 is 0 Å². The summed E-state index contributed by atoms with van der Waals surface area (Å²) in [5.74, 6) is 0.642. The fourth-order valence-electron chi connectivity index (χ4n) is 3.13. The summed E-state index contributed by atoms with van der Waals surface area (Å²) in [5.41, 5.74) is 0.957. The molecule has 1 aliphatic carbocycles. The number of rotatable bonds is 2. The normalized spacial score (nSPS) is 18.1. The van der Waals surface area contributed by atoms with Gasteiger partial charge in [0.25, 0.3) is 0 Å². The van der Waals surface area contributed by atoms with Crippen LogP contribution in [0.2, 0.25) is 0 Å². The molecule has 1 heterocycles. The van der Waals surface area contributed by atoms with Crippen molar-refractivity contribution in [1.82, 2.24) is 0 Å². The standard InChI is InChI=1S/C17H20OS/c18-16(13-7-4-2-1-3-5-8-13)15-10-6-9-14-11-12-19-17(14)15/h6,9-13H,1-5,7-8H2. The third kappa shape index (κ3) is 2.74. The molecule has 0 unspecified atom stereocenters. The van der Waals surface area contributed by atoms with E-state index in [0.29, 0.717) is 5.78 Å². The van der Waals surface area contributed by atoms with Crippen molar-refractivity contribution in [3.63, 3.8) is 0 Å². The summed E-state index contributed by atoms with van der Waals surface area (Å²) in [6.07, 6.45) is 8.55. The number of thiophene rings is 1. The van der Waals surface area contributed by atoms with E-state index >= 15 is 0 Å². The van der Waals surface area contributed by atoms with Gasteiger partial charge in [-0.2, -0.15) is 0 Å². The summed E-state index contributed by atoms with van der Waals surface area (Å²) in [4.78, 5) is 12.8. The Hall–Kier alpha value is -1.15. The molecule has 1 saturated carbocycles. The molecule has 1 aromatic carbocycles. The zero-order valence-electron chi connectivity index (χ0n) is 11.2. The van der Waals surface area contributed by atoms with Crippen LogP contribution in [0, 0.1) is 5.92 Å². The minimum Gasteiger partial charge on any atom is -0.294 e. The van der Waals surface area contributed by atoms with E-state index in [1.165, 1.54) is 42.2 Å². The van der Waals surface area contributed by atoms with Gasteiger partial charge in [0.2, 0.25) is 0 Å². The topological polar surface area (TPSA) is 17.1 Å². The van der Waals surface area contributed by atoms with Crippen LogP contribution >= 0.6 is 11.3 Å². The number of fused-ring (bicyclic) bond motifs is 1. The zero-order valence-corrected chi connectivity index (χ0v) is 12.0. The number of benzene rings is 1. The highest BCUT2D eigenvalue weighted by molar-refractivity contribution is 7.17. The lowest BCUT2D eigenvalue weighted by Crippen LogP contribution is -2.16. The first kappa shape index (κ1) is 12.9. The first-order chi connectivity index (χ1) is 9.36. The molecule has 0 saturated heterocycles. The Bertz CT molecular complexity index is 561. The molecule has 1 fully saturated rings. The van der Waals surface area contributed by atoms with Crippen LogP contribution in [-0.2, 0) is 0 Å². The van der Waals surface area contributed by atoms with Crippen LogP contribution in [0.4, 0.5) is 0 Å². The smallest absolute Gasteiger partial charge is 0.167 e. The highest BCUT2D eigenvalue weighted by Gasteiger charge is 2.22. The fourth-order valence-corrected chi connectivity index (χ4v) is 4.04. The number of hydrogen-bond donors (Lipinski definition) is 0. The van der Waals surface area contributed by atoms with Crippen molar-refractivity contribution in [2.45, 2.75) is 44.9 Å². The van der Waals surface area contributed by atoms with Gasteiger partial charge < -0.3 is 0 Å². The van der Waals surface area contributed by atoms with E-state index in [1.807, 2.05) is 12.1 Å². The SMILES string of the molecule is O=C(c1cccc2ccsc12)C1CCCCCCC1. The first-order valence-corrected chi connectivity index (χ1v) is 8.24. The number of carbonyl (C=O) groups is 1. The molecule has 1 aliphatic rings. The summed E-state index contributed by atoms with van der Waals surface area (Å²) < 4.78 is 1.18. The number of ketones is 1. The molecule has 1 aromatic heterocycles. The van der Waals surface area contributed by atoms with E-state index in [9.17, 15) is 4.79 Å². The molecule has 0 atom stereocenters. The summed E-state index contributed by atoms with van der Waals surface area (Å²) in [7, 11) is 0. The van der Waals surface area contributed by atoms with E-state index in [0.717, 1.165) is 18.4 Å². The summed E-state index contributed by atoms with van der Waals surface area (Å²) >= 11 is 1.69. The highest BCUT2D eigenvalue weighted by Crippen LogP contribution is 2.30. The van der Waals surface area contributed by atoms with E-state index < -0.39 is 0 Å². The van der Waals surface area contributed by atoms with Crippen LogP contribution in [0.5, 0.6) is 0 Å². The van der Waals surface area contributed by atoms with Crippen LogP contribution in [0.15, 0.2) is 29.6 Å². The lowest BCUT2D eigenvalue weighted by molar-refractivity contribution is 0.0900. The third-order valence-electron chi connectivity index (χ3n) is 4.22. The maximum atomic E-state index is 12.8. The molecule has 0 aliphatic heterocycles. The van der Waals surface area contributed by atoms with Gasteiger partial charge in [-0.1, -0.05) is 44.2 Å². The Kier molecular flexibility index (Phi) is 3.97. The second-order valence-corrected chi connectivity index (χ2v) is 6.47. The summed E-state index contributed by atoms with van der Waals surface area (Å²) in [6, 6.07) is 8.24. The van der Waals surface area contributed by atoms with E-state index in [1.54, 1.807) is 11.3 Å². The maximum absolute atomic E-state index is 12.8. The molecular formula is C17H20OS. The minimum absolute atomic E-state index is 0.257. The van der Waals surface area contributed by atoms with Crippen LogP contribution in [0.1, 0.15) is 55.3 Å². The Morgan fingerprint density at radius 3 is 2.53 bits per heavy atom. The largest absolute Gasteiger partial charge is 0.294 e. The molecule has 2 aromatic rings. The third-order valence-corrected chi connectivity index (χ3v) is 5.18. The van der Waals surface area contributed by atoms with Gasteiger partial charge in [0.1, 0.15) is 0 Å². The second kappa shape index (κ2) is 5.87. The molecular weight excluding hydrogens is 252 g/mol. The van der Waals surface area contributed by atoms with Crippen molar-refractivity contribution in [2.75, 3.05) is 0 Å². The summed E-state index contributed by atoms with van der Waals surface area (Å²) in [6.45, 7) is 0. The fraction of sp³-hybridized carbons (Fsp3) is 0.471. The molecule has 0 N–H and O–H groups in total. The monoisotopic (exact) mass is 272 g/mol. The highest BCUT2D eigenvalue weighted by atomic mass is 32.1. The Labute approximate surface area is 118 Å². The van der Waals surface area contributed by atoms with Gasteiger partial charge in [0, 0.05) is 16.2 Å². The van der Waals surface area contributed by atoms with E-state index in [4.69, 9.17) is 0 Å².